The molecule has 0 aliphatic carbocycles. The number of hydrogen-bond donors (Lipinski definition) is 0. The lowest BCUT2D eigenvalue weighted by Crippen LogP contribution is -2.31. The predicted molar refractivity (Wildman–Crippen MR) is 191 cm³/mol. The van der Waals surface area contributed by atoms with Crippen molar-refractivity contribution in [3.63, 3.8) is 0 Å². The van der Waals surface area contributed by atoms with Crippen molar-refractivity contribution in [3.05, 3.63) is 48.6 Å². The van der Waals surface area contributed by atoms with Gasteiger partial charge in [-0.3, -0.25) is 0 Å². The van der Waals surface area contributed by atoms with E-state index in [1.165, 1.54) is 135 Å². The van der Waals surface area contributed by atoms with E-state index in [0.29, 0.717) is 0 Å². The van der Waals surface area contributed by atoms with Crippen molar-refractivity contribution in [3.8, 4) is 0 Å². The molecule has 1 fully saturated rings. The summed E-state index contributed by atoms with van der Waals surface area (Å²) in [5.41, 5.74) is 0. The summed E-state index contributed by atoms with van der Waals surface area (Å²) in [5.74, 6) is -0.328. The van der Waals surface area contributed by atoms with Crippen LogP contribution in [0.3, 0.4) is 0 Å². The second-order valence-electron chi connectivity index (χ2n) is 13.1. The van der Waals surface area contributed by atoms with Crippen LogP contribution in [0.4, 0.5) is 0 Å². The Kier molecular flexibility index (Phi) is 27.4. The smallest absolute Gasteiger partial charge is 0.168 e. The van der Waals surface area contributed by atoms with Gasteiger partial charge in [0.2, 0.25) is 0 Å². The number of ether oxygens (including phenoxy) is 2. The molecule has 1 unspecified atom stereocenters. The van der Waals surface area contributed by atoms with Gasteiger partial charge in [-0.25, -0.2) is 0 Å². The minimum atomic E-state index is -0.328. The molecule has 0 radical (unpaired) electrons. The van der Waals surface area contributed by atoms with E-state index in [4.69, 9.17) is 9.47 Å². The minimum absolute atomic E-state index is 0.273. The third kappa shape index (κ3) is 24.8. The average Bonchev–Trinajstić information content (AvgIpc) is 3.40. The Morgan fingerprint density at radius 1 is 0.535 bits per heavy atom. The number of nitrogens with zero attached hydrogens (tertiary/aromatic N) is 1. The van der Waals surface area contributed by atoms with Gasteiger partial charge in [0.15, 0.2) is 5.79 Å². The molecule has 3 nitrogen and oxygen atoms in total. The quantitative estimate of drug-likeness (QED) is 0.0605. The summed E-state index contributed by atoms with van der Waals surface area (Å²) < 4.78 is 13.1. The van der Waals surface area contributed by atoms with E-state index in [9.17, 15) is 0 Å². The number of unbranched alkanes of at least 4 members (excludes halogenated alkanes) is 14. The van der Waals surface area contributed by atoms with Crippen LogP contribution in [0, 0.1) is 0 Å². The van der Waals surface area contributed by atoms with Crippen molar-refractivity contribution >= 4 is 0 Å². The molecule has 0 aromatic carbocycles. The fourth-order valence-electron chi connectivity index (χ4n) is 5.77. The molecule has 0 amide bonds. The zero-order valence-electron chi connectivity index (χ0n) is 29.3. The molecule has 1 rings (SSSR count). The molecule has 1 aliphatic rings. The molecule has 0 spiro atoms. The van der Waals surface area contributed by atoms with Crippen LogP contribution in [0.1, 0.15) is 168 Å². The lowest BCUT2D eigenvalue weighted by atomic mass is 9.99. The third-order valence-corrected chi connectivity index (χ3v) is 8.46. The standard InChI is InChI=1S/C40H73NO2/c1-5-7-9-11-13-15-17-19-21-23-25-27-29-31-35-40(42-38-39(43-40)34-33-37-41(3)4)36-32-30-28-26-24-22-20-18-16-14-12-10-8-6-2/h9-12,21-24,39H,5-8,13-20,25-38H2,1-4H3/b11-9-,12-10-,23-21-,24-22-. The Balaban J connectivity index is 2.24. The lowest BCUT2D eigenvalue weighted by Gasteiger charge is -2.28. The predicted octanol–water partition coefficient (Wildman–Crippen LogP) is 12.3. The van der Waals surface area contributed by atoms with Crippen LogP contribution >= 0.6 is 0 Å². The maximum absolute atomic E-state index is 6.68. The molecule has 0 aromatic rings. The molecule has 0 aromatic heterocycles. The molecule has 0 bridgehead atoms. The van der Waals surface area contributed by atoms with Crippen LogP contribution in [0.25, 0.3) is 0 Å². The van der Waals surface area contributed by atoms with Gasteiger partial charge in [-0.15, -0.1) is 0 Å². The first-order chi connectivity index (χ1) is 21.1. The number of allylic oxidation sites excluding steroid dienone is 8. The monoisotopic (exact) mass is 600 g/mol. The molecular formula is C40H73NO2. The highest BCUT2D eigenvalue weighted by Crippen LogP contribution is 2.36. The summed E-state index contributed by atoms with van der Waals surface area (Å²) in [5, 5.41) is 0. The lowest BCUT2D eigenvalue weighted by molar-refractivity contribution is -0.180. The molecule has 3 heteroatoms. The van der Waals surface area contributed by atoms with Gasteiger partial charge >= 0.3 is 0 Å². The Morgan fingerprint density at radius 2 is 0.930 bits per heavy atom. The minimum Gasteiger partial charge on any atom is -0.347 e. The van der Waals surface area contributed by atoms with Crippen LogP contribution in [-0.4, -0.2) is 44.0 Å². The summed E-state index contributed by atoms with van der Waals surface area (Å²) in [4.78, 5) is 2.27. The summed E-state index contributed by atoms with van der Waals surface area (Å²) in [6, 6.07) is 0. The van der Waals surface area contributed by atoms with Gasteiger partial charge in [-0.05, 0) is 136 Å². The number of rotatable bonds is 30. The molecular weight excluding hydrogens is 526 g/mol. The molecule has 0 N–H and O–H groups in total. The van der Waals surface area contributed by atoms with Gasteiger partial charge in [0.05, 0.1) is 12.7 Å². The first kappa shape index (κ1) is 39.9. The van der Waals surface area contributed by atoms with Crippen LogP contribution < -0.4 is 0 Å². The van der Waals surface area contributed by atoms with E-state index in [0.717, 1.165) is 32.4 Å². The van der Waals surface area contributed by atoms with Crippen LogP contribution in [0.2, 0.25) is 0 Å². The van der Waals surface area contributed by atoms with Crippen molar-refractivity contribution in [2.75, 3.05) is 27.2 Å². The van der Waals surface area contributed by atoms with Gasteiger partial charge in [0.1, 0.15) is 0 Å². The van der Waals surface area contributed by atoms with Gasteiger partial charge in [-0.1, -0.05) is 88.1 Å². The molecule has 43 heavy (non-hydrogen) atoms. The summed E-state index contributed by atoms with van der Waals surface area (Å²) >= 11 is 0. The Hall–Kier alpha value is -1.16. The third-order valence-electron chi connectivity index (χ3n) is 8.46. The zero-order valence-corrected chi connectivity index (χ0v) is 29.3. The topological polar surface area (TPSA) is 21.7 Å². The first-order valence-electron chi connectivity index (χ1n) is 18.7. The summed E-state index contributed by atoms with van der Waals surface area (Å²) in [6.07, 6.45) is 48.8. The number of hydrogen-bond acceptors (Lipinski definition) is 3. The highest BCUT2D eigenvalue weighted by atomic mass is 16.7. The molecule has 1 aliphatic heterocycles. The molecule has 1 saturated heterocycles. The first-order valence-corrected chi connectivity index (χ1v) is 18.7. The second-order valence-corrected chi connectivity index (χ2v) is 13.1. The molecule has 250 valence electrons. The van der Waals surface area contributed by atoms with E-state index in [1.807, 2.05) is 0 Å². The van der Waals surface area contributed by atoms with Crippen LogP contribution in [0.5, 0.6) is 0 Å². The highest BCUT2D eigenvalue weighted by molar-refractivity contribution is 4.86. The van der Waals surface area contributed by atoms with Crippen molar-refractivity contribution in [1.29, 1.82) is 0 Å². The maximum Gasteiger partial charge on any atom is 0.168 e. The normalized spacial score (nSPS) is 17.3. The van der Waals surface area contributed by atoms with Gasteiger partial charge in [0.25, 0.3) is 0 Å². The van der Waals surface area contributed by atoms with Crippen molar-refractivity contribution in [1.82, 2.24) is 4.90 Å². The Morgan fingerprint density at radius 3 is 1.33 bits per heavy atom. The molecule has 0 saturated carbocycles. The SMILES string of the molecule is CCC/C=C\CCCC/C=C\CCCCCC1(CCCCC/C=C\CCCC/C=C\CCC)OCC(CCCN(C)C)O1. The van der Waals surface area contributed by atoms with E-state index in [2.05, 4.69) is 81.5 Å². The van der Waals surface area contributed by atoms with Gasteiger partial charge in [-0.2, -0.15) is 0 Å². The van der Waals surface area contributed by atoms with Crippen LogP contribution in [-0.2, 0) is 9.47 Å². The molecule has 1 atom stereocenters. The molecule has 1 heterocycles. The maximum atomic E-state index is 6.68. The van der Waals surface area contributed by atoms with E-state index in [-0.39, 0.29) is 11.9 Å². The summed E-state index contributed by atoms with van der Waals surface area (Å²) in [7, 11) is 4.31. The van der Waals surface area contributed by atoms with Gasteiger partial charge < -0.3 is 14.4 Å². The van der Waals surface area contributed by atoms with E-state index >= 15 is 0 Å². The highest BCUT2D eigenvalue weighted by Gasteiger charge is 2.40. The Labute approximate surface area is 269 Å². The summed E-state index contributed by atoms with van der Waals surface area (Å²) in [6.45, 7) is 6.39. The van der Waals surface area contributed by atoms with Gasteiger partial charge in [0, 0.05) is 12.8 Å². The van der Waals surface area contributed by atoms with Crippen molar-refractivity contribution in [2.45, 2.75) is 180 Å². The Bertz CT molecular complexity index is 663. The van der Waals surface area contributed by atoms with E-state index in [1.54, 1.807) is 0 Å². The van der Waals surface area contributed by atoms with Crippen molar-refractivity contribution < 1.29 is 9.47 Å². The van der Waals surface area contributed by atoms with Crippen molar-refractivity contribution in [2.24, 2.45) is 0 Å². The van der Waals surface area contributed by atoms with E-state index < -0.39 is 0 Å². The fraction of sp³-hybridized carbons (Fsp3) is 0.800. The fourth-order valence-corrected chi connectivity index (χ4v) is 5.77. The van der Waals surface area contributed by atoms with Crippen LogP contribution in [0.15, 0.2) is 48.6 Å². The zero-order chi connectivity index (χ0) is 31.1. The largest absolute Gasteiger partial charge is 0.347 e. The average molecular weight is 600 g/mol. The second kappa shape index (κ2) is 29.5.